The van der Waals surface area contributed by atoms with Crippen LogP contribution in [0.25, 0.3) is 5.69 Å². The van der Waals surface area contributed by atoms with E-state index < -0.39 is 0 Å². The maximum absolute atomic E-state index is 4.37. The van der Waals surface area contributed by atoms with Crippen molar-refractivity contribution in [2.45, 2.75) is 30.8 Å². The normalized spacial score (nSPS) is 15.1. The zero-order valence-corrected chi connectivity index (χ0v) is 10.7. The van der Waals surface area contributed by atoms with E-state index in [0.29, 0.717) is 5.92 Å². The van der Waals surface area contributed by atoms with Crippen molar-refractivity contribution in [2.75, 3.05) is 5.75 Å². The quantitative estimate of drug-likeness (QED) is 0.775. The minimum atomic E-state index is 0.619. The zero-order valence-electron chi connectivity index (χ0n) is 9.84. The lowest BCUT2D eigenvalue weighted by Gasteiger charge is -2.08. The van der Waals surface area contributed by atoms with Gasteiger partial charge < -0.3 is 0 Å². The predicted octanol–water partition coefficient (Wildman–Crippen LogP) is 3.26. The molecule has 2 aromatic rings. The van der Waals surface area contributed by atoms with Crippen LogP contribution in [0.1, 0.15) is 31.5 Å². The van der Waals surface area contributed by atoms with Gasteiger partial charge in [0.15, 0.2) is 5.16 Å². The lowest BCUT2D eigenvalue weighted by Crippen LogP contribution is -2.01. The third kappa shape index (κ3) is 2.09. The summed E-state index contributed by atoms with van der Waals surface area (Å²) in [5.74, 6) is 2.77. The van der Waals surface area contributed by atoms with Crippen LogP contribution in [0.3, 0.4) is 0 Å². The van der Waals surface area contributed by atoms with E-state index in [1.54, 1.807) is 11.8 Å². The summed E-state index contributed by atoms with van der Waals surface area (Å²) >= 11 is 1.75. The second-order valence-corrected chi connectivity index (χ2v) is 5.45. The van der Waals surface area contributed by atoms with Crippen molar-refractivity contribution >= 4 is 11.8 Å². The van der Waals surface area contributed by atoms with Gasteiger partial charge in [0.05, 0.1) is 0 Å². The Kier molecular flexibility index (Phi) is 2.89. The van der Waals surface area contributed by atoms with Crippen molar-refractivity contribution in [3.63, 3.8) is 0 Å². The first-order chi connectivity index (χ1) is 8.40. The highest BCUT2D eigenvalue weighted by molar-refractivity contribution is 7.99. The lowest BCUT2D eigenvalue weighted by atomic mass is 10.3. The Morgan fingerprint density at radius 2 is 2.00 bits per heavy atom. The second-order valence-electron chi connectivity index (χ2n) is 4.22. The van der Waals surface area contributed by atoms with E-state index in [4.69, 9.17) is 0 Å². The number of benzene rings is 1. The molecule has 0 aliphatic heterocycles. The molecule has 3 nitrogen and oxygen atoms in total. The average Bonchev–Trinajstić information content (AvgIpc) is 3.13. The van der Waals surface area contributed by atoms with Gasteiger partial charge in [-0.1, -0.05) is 36.9 Å². The standard InChI is InChI=1S/C13H15N3S/c1-2-17-13-15-14-12(10-8-9-10)16(13)11-6-4-3-5-7-11/h3-7,10H,2,8-9H2,1H3. The number of para-hydroxylation sites is 1. The van der Waals surface area contributed by atoms with E-state index in [9.17, 15) is 0 Å². The van der Waals surface area contributed by atoms with Gasteiger partial charge in [0.2, 0.25) is 0 Å². The minimum absolute atomic E-state index is 0.619. The summed E-state index contributed by atoms with van der Waals surface area (Å²) in [6.07, 6.45) is 2.50. The Bertz CT molecular complexity index is 503. The molecule has 0 spiro atoms. The summed E-state index contributed by atoms with van der Waals surface area (Å²) in [5.41, 5.74) is 1.18. The molecule has 0 radical (unpaired) electrons. The molecular weight excluding hydrogens is 230 g/mol. The molecular formula is C13H15N3S. The topological polar surface area (TPSA) is 30.7 Å². The molecule has 0 saturated heterocycles. The third-order valence-corrected chi connectivity index (χ3v) is 3.70. The van der Waals surface area contributed by atoms with E-state index in [1.807, 2.05) is 6.07 Å². The Morgan fingerprint density at radius 1 is 1.24 bits per heavy atom. The Balaban J connectivity index is 2.08. The highest BCUT2D eigenvalue weighted by Gasteiger charge is 2.30. The largest absolute Gasteiger partial charge is 0.274 e. The summed E-state index contributed by atoms with van der Waals surface area (Å²) in [5, 5.41) is 9.70. The van der Waals surface area contributed by atoms with E-state index in [-0.39, 0.29) is 0 Å². The van der Waals surface area contributed by atoms with Crippen LogP contribution in [-0.4, -0.2) is 20.5 Å². The molecule has 1 aromatic heterocycles. The third-order valence-electron chi connectivity index (χ3n) is 2.89. The minimum Gasteiger partial charge on any atom is -0.274 e. The summed E-state index contributed by atoms with van der Waals surface area (Å²) in [6, 6.07) is 10.4. The first-order valence-corrected chi connectivity index (χ1v) is 7.02. The fraction of sp³-hybridized carbons (Fsp3) is 0.385. The highest BCUT2D eigenvalue weighted by Crippen LogP contribution is 2.41. The smallest absolute Gasteiger partial charge is 0.195 e. The van der Waals surface area contributed by atoms with E-state index in [0.717, 1.165) is 16.7 Å². The van der Waals surface area contributed by atoms with Gasteiger partial charge in [-0.05, 0) is 30.7 Å². The van der Waals surface area contributed by atoms with Gasteiger partial charge in [-0.3, -0.25) is 4.57 Å². The van der Waals surface area contributed by atoms with Crippen molar-refractivity contribution < 1.29 is 0 Å². The predicted molar refractivity (Wildman–Crippen MR) is 69.7 cm³/mol. The monoisotopic (exact) mass is 245 g/mol. The van der Waals surface area contributed by atoms with Crippen molar-refractivity contribution in [3.05, 3.63) is 36.2 Å². The van der Waals surface area contributed by atoms with Gasteiger partial charge in [-0.25, -0.2) is 0 Å². The maximum atomic E-state index is 4.37. The Morgan fingerprint density at radius 3 is 2.65 bits per heavy atom. The first-order valence-electron chi connectivity index (χ1n) is 6.03. The molecule has 1 heterocycles. The number of nitrogens with zero attached hydrogens (tertiary/aromatic N) is 3. The molecule has 0 unspecified atom stereocenters. The van der Waals surface area contributed by atoms with Crippen LogP contribution in [0.2, 0.25) is 0 Å². The van der Waals surface area contributed by atoms with Crippen molar-refractivity contribution in [1.82, 2.24) is 14.8 Å². The molecule has 1 aliphatic carbocycles. The first kappa shape index (κ1) is 10.8. The summed E-state index contributed by atoms with van der Waals surface area (Å²) in [4.78, 5) is 0. The molecule has 1 fully saturated rings. The Labute approximate surface area is 105 Å². The van der Waals surface area contributed by atoms with Gasteiger partial charge in [0.1, 0.15) is 5.82 Å². The average molecular weight is 245 g/mol. The molecule has 0 atom stereocenters. The molecule has 1 saturated carbocycles. The van der Waals surface area contributed by atoms with Crippen molar-refractivity contribution in [3.8, 4) is 5.69 Å². The summed E-state index contributed by atoms with van der Waals surface area (Å²) < 4.78 is 2.21. The molecule has 17 heavy (non-hydrogen) atoms. The fourth-order valence-electron chi connectivity index (χ4n) is 1.93. The summed E-state index contributed by atoms with van der Waals surface area (Å²) in [7, 11) is 0. The maximum Gasteiger partial charge on any atom is 0.195 e. The Hall–Kier alpha value is -1.29. The van der Waals surface area contributed by atoms with Crippen LogP contribution in [0.5, 0.6) is 0 Å². The molecule has 1 aromatic carbocycles. The lowest BCUT2D eigenvalue weighted by molar-refractivity contribution is 0.830. The van der Waals surface area contributed by atoms with Gasteiger partial charge >= 0.3 is 0 Å². The van der Waals surface area contributed by atoms with Crippen LogP contribution < -0.4 is 0 Å². The van der Waals surface area contributed by atoms with Gasteiger partial charge in [0, 0.05) is 11.6 Å². The van der Waals surface area contributed by atoms with Crippen LogP contribution in [-0.2, 0) is 0 Å². The van der Waals surface area contributed by atoms with Gasteiger partial charge in [-0.15, -0.1) is 10.2 Å². The molecule has 88 valence electrons. The second kappa shape index (κ2) is 4.53. The fourth-order valence-corrected chi connectivity index (χ4v) is 2.61. The van der Waals surface area contributed by atoms with Crippen LogP contribution in [0, 0.1) is 0 Å². The van der Waals surface area contributed by atoms with E-state index in [2.05, 4.69) is 46.0 Å². The molecule has 3 rings (SSSR count). The van der Waals surface area contributed by atoms with Gasteiger partial charge in [0.25, 0.3) is 0 Å². The van der Waals surface area contributed by atoms with E-state index in [1.165, 1.54) is 18.5 Å². The SMILES string of the molecule is CCSc1nnc(C2CC2)n1-c1ccccc1. The number of rotatable bonds is 4. The number of aromatic nitrogens is 3. The summed E-state index contributed by atoms with van der Waals surface area (Å²) in [6.45, 7) is 2.14. The van der Waals surface area contributed by atoms with Crippen LogP contribution >= 0.6 is 11.8 Å². The number of hydrogen-bond acceptors (Lipinski definition) is 3. The molecule has 1 aliphatic rings. The molecule has 0 amide bonds. The van der Waals surface area contributed by atoms with E-state index >= 15 is 0 Å². The van der Waals surface area contributed by atoms with Gasteiger partial charge in [-0.2, -0.15) is 0 Å². The molecule has 4 heteroatoms. The molecule has 0 bridgehead atoms. The molecule has 0 N–H and O–H groups in total. The van der Waals surface area contributed by atoms with Crippen LogP contribution in [0.4, 0.5) is 0 Å². The van der Waals surface area contributed by atoms with Crippen LogP contribution in [0.15, 0.2) is 35.5 Å². The number of thioether (sulfide) groups is 1. The zero-order chi connectivity index (χ0) is 11.7. The highest BCUT2D eigenvalue weighted by atomic mass is 32.2. The number of hydrogen-bond donors (Lipinski definition) is 0. The van der Waals surface area contributed by atoms with Crippen molar-refractivity contribution in [2.24, 2.45) is 0 Å². The van der Waals surface area contributed by atoms with Crippen molar-refractivity contribution in [1.29, 1.82) is 0 Å².